The number of aromatic nitrogens is 1. The van der Waals surface area contributed by atoms with Gasteiger partial charge in [0.05, 0.1) is 18.4 Å². The molecule has 0 saturated carbocycles. The number of carbonyl (C=O) groups is 3. The van der Waals surface area contributed by atoms with Gasteiger partial charge in [0, 0.05) is 36.6 Å². The molecule has 2 aromatic heterocycles. The number of anilines is 1. The van der Waals surface area contributed by atoms with Crippen LogP contribution in [0.1, 0.15) is 52.8 Å². The number of benzene rings is 1. The molecular formula is C25H28N4O4S. The van der Waals surface area contributed by atoms with Crippen molar-refractivity contribution in [2.24, 2.45) is 0 Å². The Morgan fingerprint density at radius 1 is 1.15 bits per heavy atom. The fourth-order valence-corrected chi connectivity index (χ4v) is 4.87. The third kappa shape index (κ3) is 5.72. The highest BCUT2D eigenvalue weighted by Crippen LogP contribution is 2.22. The summed E-state index contributed by atoms with van der Waals surface area (Å²) in [6, 6.07) is 12.6. The van der Waals surface area contributed by atoms with Crippen molar-refractivity contribution in [3.8, 4) is 0 Å². The van der Waals surface area contributed by atoms with Crippen LogP contribution in [0.4, 0.5) is 5.13 Å². The van der Waals surface area contributed by atoms with Crippen molar-refractivity contribution < 1.29 is 18.8 Å². The second-order valence-electron chi connectivity index (χ2n) is 8.23. The molecule has 8 nitrogen and oxygen atoms in total. The van der Waals surface area contributed by atoms with E-state index in [-0.39, 0.29) is 35.9 Å². The molecule has 1 saturated heterocycles. The third-order valence-electron chi connectivity index (χ3n) is 5.85. The van der Waals surface area contributed by atoms with Crippen LogP contribution in [0.25, 0.3) is 0 Å². The number of amides is 3. The Hall–Kier alpha value is -3.46. The largest absolute Gasteiger partial charge is 0.459 e. The van der Waals surface area contributed by atoms with Gasteiger partial charge in [-0.2, -0.15) is 0 Å². The van der Waals surface area contributed by atoms with E-state index >= 15 is 0 Å². The Bertz CT molecular complexity index is 1110. The van der Waals surface area contributed by atoms with Gasteiger partial charge in [0.2, 0.25) is 5.91 Å². The fraction of sp³-hybridized carbons (Fsp3) is 0.360. The summed E-state index contributed by atoms with van der Waals surface area (Å²) >= 11 is 1.28. The molecule has 1 aliphatic heterocycles. The van der Waals surface area contributed by atoms with Crippen molar-refractivity contribution in [1.82, 2.24) is 14.8 Å². The predicted octanol–water partition coefficient (Wildman–Crippen LogP) is 4.07. The number of piperidine rings is 1. The molecule has 0 atom stereocenters. The number of thiazole rings is 1. The molecule has 3 aromatic rings. The van der Waals surface area contributed by atoms with Gasteiger partial charge in [0.1, 0.15) is 0 Å². The molecule has 34 heavy (non-hydrogen) atoms. The Morgan fingerprint density at radius 3 is 2.59 bits per heavy atom. The lowest BCUT2D eigenvalue weighted by Gasteiger charge is -2.38. The second kappa shape index (κ2) is 11.1. The van der Waals surface area contributed by atoms with Crippen LogP contribution in [-0.4, -0.2) is 58.2 Å². The number of carbonyl (C=O) groups excluding carboxylic acids is 3. The maximum absolute atomic E-state index is 13.2. The molecule has 0 spiro atoms. The molecule has 1 aromatic carbocycles. The number of rotatable bonds is 8. The molecule has 4 rings (SSSR count). The third-order valence-corrected chi connectivity index (χ3v) is 6.65. The van der Waals surface area contributed by atoms with Crippen LogP contribution in [0.15, 0.2) is 58.5 Å². The molecule has 0 radical (unpaired) electrons. The van der Waals surface area contributed by atoms with Crippen molar-refractivity contribution >= 4 is 34.2 Å². The Kier molecular flexibility index (Phi) is 7.74. The predicted molar refractivity (Wildman–Crippen MR) is 130 cm³/mol. The van der Waals surface area contributed by atoms with Crippen molar-refractivity contribution in [3.05, 3.63) is 71.1 Å². The van der Waals surface area contributed by atoms with E-state index in [1.54, 1.807) is 17.5 Å². The van der Waals surface area contributed by atoms with Crippen molar-refractivity contribution in [1.29, 1.82) is 0 Å². The van der Waals surface area contributed by atoms with Gasteiger partial charge in [-0.25, -0.2) is 4.98 Å². The van der Waals surface area contributed by atoms with Crippen molar-refractivity contribution in [2.45, 2.75) is 38.6 Å². The summed E-state index contributed by atoms with van der Waals surface area (Å²) < 4.78 is 5.09. The number of hydrogen-bond donors (Lipinski definition) is 1. The van der Waals surface area contributed by atoms with Gasteiger partial charge in [-0.15, -0.1) is 11.3 Å². The highest BCUT2D eigenvalue weighted by atomic mass is 32.1. The molecular weight excluding hydrogens is 452 g/mol. The topological polar surface area (TPSA) is 95.8 Å². The lowest BCUT2D eigenvalue weighted by Crippen LogP contribution is -2.49. The van der Waals surface area contributed by atoms with Crippen LogP contribution in [0.2, 0.25) is 0 Å². The Balaban J connectivity index is 1.33. The van der Waals surface area contributed by atoms with Crippen LogP contribution < -0.4 is 5.32 Å². The van der Waals surface area contributed by atoms with Crippen LogP contribution in [0, 0.1) is 0 Å². The van der Waals surface area contributed by atoms with E-state index in [2.05, 4.69) is 17.2 Å². The van der Waals surface area contributed by atoms with Gasteiger partial charge in [0.25, 0.3) is 11.8 Å². The van der Waals surface area contributed by atoms with Crippen molar-refractivity contribution in [3.63, 3.8) is 0 Å². The van der Waals surface area contributed by atoms with E-state index in [0.717, 1.165) is 19.3 Å². The first-order chi connectivity index (χ1) is 16.5. The maximum Gasteiger partial charge on any atom is 0.293 e. The molecule has 0 unspecified atom stereocenters. The summed E-state index contributed by atoms with van der Waals surface area (Å²) in [5.74, 6) is -0.108. The monoisotopic (exact) mass is 480 g/mol. The van der Waals surface area contributed by atoms with Gasteiger partial charge in [-0.1, -0.05) is 25.1 Å². The van der Waals surface area contributed by atoms with Crippen LogP contribution in [0.5, 0.6) is 0 Å². The molecule has 0 bridgehead atoms. The summed E-state index contributed by atoms with van der Waals surface area (Å²) in [6.45, 7) is 3.99. The van der Waals surface area contributed by atoms with Gasteiger partial charge in [0.15, 0.2) is 10.9 Å². The number of likely N-dealkylation sites (tertiary alicyclic amines) is 1. The maximum atomic E-state index is 13.2. The van der Waals surface area contributed by atoms with E-state index < -0.39 is 0 Å². The number of nitrogens with zero attached hydrogens (tertiary/aromatic N) is 3. The summed E-state index contributed by atoms with van der Waals surface area (Å²) in [4.78, 5) is 46.2. The van der Waals surface area contributed by atoms with E-state index in [9.17, 15) is 14.4 Å². The molecule has 1 N–H and O–H groups in total. The van der Waals surface area contributed by atoms with E-state index in [1.165, 1.54) is 17.6 Å². The quantitative estimate of drug-likeness (QED) is 0.524. The second-order valence-corrected chi connectivity index (χ2v) is 9.09. The number of nitrogens with one attached hydrogen (secondary N) is 1. The first-order valence-electron chi connectivity index (χ1n) is 11.5. The minimum atomic E-state index is -0.373. The van der Waals surface area contributed by atoms with Gasteiger partial charge < -0.3 is 14.2 Å². The lowest BCUT2D eigenvalue weighted by atomic mass is 10.0. The molecule has 1 fully saturated rings. The SMILES string of the molecule is CCCN(C(=O)Cc1csc(NC(=O)c2ccco2)n1)C1CCN(C(=O)c2ccccc2)CC1. The highest BCUT2D eigenvalue weighted by Gasteiger charge is 2.30. The fourth-order valence-electron chi connectivity index (χ4n) is 4.16. The van der Waals surface area contributed by atoms with E-state index in [4.69, 9.17) is 4.42 Å². The Labute approximate surface area is 202 Å². The average Bonchev–Trinajstić information content (AvgIpc) is 3.55. The molecule has 9 heteroatoms. The molecule has 0 aliphatic carbocycles. The Morgan fingerprint density at radius 2 is 1.91 bits per heavy atom. The smallest absolute Gasteiger partial charge is 0.293 e. The van der Waals surface area contributed by atoms with Crippen LogP contribution in [-0.2, 0) is 11.2 Å². The van der Waals surface area contributed by atoms with Crippen LogP contribution in [0.3, 0.4) is 0 Å². The van der Waals surface area contributed by atoms with Crippen LogP contribution >= 0.6 is 11.3 Å². The normalized spacial score (nSPS) is 14.1. The first-order valence-corrected chi connectivity index (χ1v) is 12.4. The minimum absolute atomic E-state index is 0.0175. The van der Waals surface area contributed by atoms with E-state index in [0.29, 0.717) is 36.0 Å². The molecule has 1 aliphatic rings. The van der Waals surface area contributed by atoms with Crippen molar-refractivity contribution in [2.75, 3.05) is 25.0 Å². The standard InChI is InChI=1S/C25H28N4O4S/c1-2-12-29(20-10-13-28(14-11-20)24(32)18-7-4-3-5-8-18)22(30)16-19-17-34-25(26-19)27-23(31)21-9-6-15-33-21/h3-9,15,17,20H,2,10-14,16H2,1H3,(H,26,27,31). The molecule has 178 valence electrons. The van der Waals surface area contributed by atoms with Gasteiger partial charge in [-0.05, 0) is 43.5 Å². The van der Waals surface area contributed by atoms with Gasteiger partial charge in [-0.3, -0.25) is 19.7 Å². The summed E-state index contributed by atoms with van der Waals surface area (Å²) in [7, 11) is 0. The number of furan rings is 1. The summed E-state index contributed by atoms with van der Waals surface area (Å²) in [6.07, 6.45) is 3.98. The highest BCUT2D eigenvalue weighted by molar-refractivity contribution is 7.14. The van der Waals surface area contributed by atoms with E-state index in [1.807, 2.05) is 40.1 Å². The first kappa shape index (κ1) is 23.7. The lowest BCUT2D eigenvalue weighted by molar-refractivity contribution is -0.133. The van der Waals surface area contributed by atoms with Gasteiger partial charge >= 0.3 is 0 Å². The molecule has 3 heterocycles. The summed E-state index contributed by atoms with van der Waals surface area (Å²) in [5, 5.41) is 4.92. The minimum Gasteiger partial charge on any atom is -0.459 e. The molecule has 3 amide bonds. The zero-order valence-electron chi connectivity index (χ0n) is 19.1. The summed E-state index contributed by atoms with van der Waals surface area (Å²) in [5.41, 5.74) is 1.32. The zero-order chi connectivity index (χ0) is 23.9. The average molecular weight is 481 g/mol. The zero-order valence-corrected chi connectivity index (χ0v) is 19.9. The number of hydrogen-bond acceptors (Lipinski definition) is 6.